The highest BCUT2D eigenvalue weighted by Crippen LogP contribution is 2.37. The first-order chi connectivity index (χ1) is 9.92. The minimum Gasteiger partial charge on any atom is -0.399 e. The van der Waals surface area contributed by atoms with Crippen LogP contribution < -0.4 is 5.73 Å². The van der Waals surface area contributed by atoms with Crippen LogP contribution in [0.5, 0.6) is 0 Å². The molecule has 2 rings (SSSR count). The molecule has 0 amide bonds. The van der Waals surface area contributed by atoms with Crippen LogP contribution in [0.1, 0.15) is 5.56 Å². The molecule has 0 heterocycles. The number of anilines is 1. The summed E-state index contributed by atoms with van der Waals surface area (Å²) in [5, 5.41) is 0. The average Bonchev–Trinajstić information content (AvgIpc) is 2.41. The molecular formula is C15H14F3NS2. The fourth-order valence-electron chi connectivity index (χ4n) is 1.71. The smallest absolute Gasteiger partial charge is 0.399 e. The minimum absolute atomic E-state index is 0.0896. The normalized spacial score (nSPS) is 11.6. The number of halogens is 3. The molecule has 0 aliphatic carbocycles. The van der Waals surface area contributed by atoms with E-state index in [-0.39, 0.29) is 16.7 Å². The van der Waals surface area contributed by atoms with Crippen molar-refractivity contribution in [3.05, 3.63) is 54.1 Å². The van der Waals surface area contributed by atoms with Gasteiger partial charge in [-0.05, 0) is 60.1 Å². The van der Waals surface area contributed by atoms with E-state index in [4.69, 9.17) is 5.73 Å². The van der Waals surface area contributed by atoms with E-state index < -0.39 is 5.51 Å². The van der Waals surface area contributed by atoms with E-state index in [2.05, 4.69) is 0 Å². The van der Waals surface area contributed by atoms with Crippen LogP contribution in [-0.4, -0.2) is 11.3 Å². The highest BCUT2D eigenvalue weighted by molar-refractivity contribution is 8.00. The molecule has 21 heavy (non-hydrogen) atoms. The molecule has 0 aliphatic heterocycles. The van der Waals surface area contributed by atoms with Crippen LogP contribution in [-0.2, 0) is 6.42 Å². The van der Waals surface area contributed by atoms with Gasteiger partial charge in [-0.1, -0.05) is 12.1 Å². The highest BCUT2D eigenvalue weighted by Gasteiger charge is 2.28. The fraction of sp³-hybridized carbons (Fsp3) is 0.200. The Bertz CT molecular complexity index is 565. The van der Waals surface area contributed by atoms with Crippen molar-refractivity contribution in [2.24, 2.45) is 0 Å². The largest absolute Gasteiger partial charge is 0.446 e. The maximum absolute atomic E-state index is 12.2. The van der Waals surface area contributed by atoms with Crippen LogP contribution in [0.25, 0.3) is 0 Å². The Morgan fingerprint density at radius 2 is 1.43 bits per heavy atom. The van der Waals surface area contributed by atoms with Crippen molar-refractivity contribution >= 4 is 29.2 Å². The quantitative estimate of drug-likeness (QED) is 0.602. The predicted octanol–water partition coefficient (Wildman–Crippen LogP) is 5.22. The van der Waals surface area contributed by atoms with Crippen LogP contribution >= 0.6 is 23.5 Å². The van der Waals surface area contributed by atoms with E-state index in [1.165, 1.54) is 17.7 Å². The third-order valence-electron chi connectivity index (χ3n) is 2.70. The molecule has 112 valence electrons. The Kier molecular flexibility index (Phi) is 5.47. The van der Waals surface area contributed by atoms with Crippen LogP contribution in [0.4, 0.5) is 18.9 Å². The molecule has 0 radical (unpaired) electrons. The molecule has 2 aromatic carbocycles. The van der Waals surface area contributed by atoms with Crippen molar-refractivity contribution in [2.45, 2.75) is 21.7 Å². The molecule has 0 unspecified atom stereocenters. The number of hydrogen-bond donors (Lipinski definition) is 1. The number of hydrogen-bond acceptors (Lipinski definition) is 3. The summed E-state index contributed by atoms with van der Waals surface area (Å²) in [4.78, 5) is 1.18. The summed E-state index contributed by atoms with van der Waals surface area (Å²) in [5.74, 6) is 0.871. The molecule has 2 aromatic rings. The number of rotatable bonds is 5. The number of alkyl halides is 3. The predicted molar refractivity (Wildman–Crippen MR) is 83.6 cm³/mol. The van der Waals surface area contributed by atoms with Crippen molar-refractivity contribution in [3.63, 3.8) is 0 Å². The zero-order valence-corrected chi connectivity index (χ0v) is 12.7. The minimum atomic E-state index is -4.23. The Labute approximate surface area is 130 Å². The molecule has 1 nitrogen and oxygen atoms in total. The maximum Gasteiger partial charge on any atom is 0.446 e. The fourth-order valence-corrected chi connectivity index (χ4v) is 3.15. The third kappa shape index (κ3) is 5.93. The van der Waals surface area contributed by atoms with Crippen LogP contribution in [0.3, 0.4) is 0 Å². The van der Waals surface area contributed by atoms with Crippen molar-refractivity contribution in [2.75, 3.05) is 11.5 Å². The molecule has 0 saturated carbocycles. The first-order valence-electron chi connectivity index (χ1n) is 6.25. The summed E-state index contributed by atoms with van der Waals surface area (Å²) in [6, 6.07) is 14.2. The van der Waals surface area contributed by atoms with Gasteiger partial charge in [0.05, 0.1) is 0 Å². The molecule has 6 heteroatoms. The summed E-state index contributed by atoms with van der Waals surface area (Å²) < 4.78 is 36.6. The van der Waals surface area contributed by atoms with Gasteiger partial charge in [0.1, 0.15) is 0 Å². The van der Waals surface area contributed by atoms with Crippen molar-refractivity contribution in [1.82, 2.24) is 0 Å². The van der Waals surface area contributed by atoms with E-state index in [1.807, 2.05) is 24.3 Å². The Morgan fingerprint density at radius 3 is 2.00 bits per heavy atom. The van der Waals surface area contributed by atoms with Gasteiger partial charge in [-0.25, -0.2) is 0 Å². The van der Waals surface area contributed by atoms with Crippen molar-refractivity contribution in [3.8, 4) is 0 Å². The second-order valence-electron chi connectivity index (χ2n) is 4.36. The van der Waals surface area contributed by atoms with Gasteiger partial charge in [-0.3, -0.25) is 0 Å². The van der Waals surface area contributed by atoms with Crippen LogP contribution in [0.15, 0.2) is 58.3 Å². The average molecular weight is 329 g/mol. The van der Waals surface area contributed by atoms with Gasteiger partial charge in [0, 0.05) is 21.2 Å². The molecule has 0 saturated heterocycles. The Balaban J connectivity index is 1.82. The van der Waals surface area contributed by atoms with Crippen molar-refractivity contribution < 1.29 is 13.2 Å². The van der Waals surface area contributed by atoms with Crippen LogP contribution in [0.2, 0.25) is 0 Å². The maximum atomic E-state index is 12.2. The summed E-state index contributed by atoms with van der Waals surface area (Å²) in [6.07, 6.45) is 0.893. The lowest BCUT2D eigenvalue weighted by atomic mass is 10.2. The topological polar surface area (TPSA) is 26.0 Å². The van der Waals surface area contributed by atoms with Gasteiger partial charge in [0.15, 0.2) is 0 Å². The van der Waals surface area contributed by atoms with Crippen LogP contribution in [0, 0.1) is 0 Å². The van der Waals surface area contributed by atoms with Gasteiger partial charge >= 0.3 is 5.51 Å². The van der Waals surface area contributed by atoms with E-state index in [0.717, 1.165) is 22.8 Å². The van der Waals surface area contributed by atoms with E-state index in [0.29, 0.717) is 0 Å². The summed E-state index contributed by atoms with van der Waals surface area (Å²) in [6.45, 7) is 0. The number of thioether (sulfide) groups is 2. The van der Waals surface area contributed by atoms with Gasteiger partial charge < -0.3 is 5.73 Å². The Morgan fingerprint density at radius 1 is 0.857 bits per heavy atom. The lowest BCUT2D eigenvalue weighted by Gasteiger charge is -2.06. The zero-order valence-electron chi connectivity index (χ0n) is 11.1. The molecule has 2 N–H and O–H groups in total. The lowest BCUT2D eigenvalue weighted by molar-refractivity contribution is -0.0328. The first-order valence-corrected chi connectivity index (χ1v) is 8.06. The van der Waals surface area contributed by atoms with E-state index in [1.54, 1.807) is 23.9 Å². The summed E-state index contributed by atoms with van der Waals surface area (Å²) >= 11 is 1.53. The first kappa shape index (κ1) is 16.1. The molecule has 0 fully saturated rings. The van der Waals surface area contributed by atoms with E-state index >= 15 is 0 Å². The monoisotopic (exact) mass is 329 g/mol. The molecule has 0 atom stereocenters. The second kappa shape index (κ2) is 7.13. The number of aryl methyl sites for hydroxylation is 1. The number of benzene rings is 2. The number of nitrogens with two attached hydrogens (primary N) is 1. The summed E-state index contributed by atoms with van der Waals surface area (Å²) in [7, 11) is 0. The zero-order chi connectivity index (χ0) is 15.3. The Hall–Kier alpha value is -1.27. The van der Waals surface area contributed by atoms with Crippen molar-refractivity contribution in [1.29, 1.82) is 0 Å². The standard InChI is InChI=1S/C15H14F3NS2/c16-15(17,18)21-14-7-5-13(6-8-14)20-10-9-11-1-3-12(19)4-2-11/h1-8H,9-10,19H2. The van der Waals surface area contributed by atoms with Gasteiger partial charge in [0.25, 0.3) is 0 Å². The van der Waals surface area contributed by atoms with Gasteiger partial charge in [0.2, 0.25) is 0 Å². The number of nitrogen functional groups attached to an aromatic ring is 1. The molecule has 0 aromatic heterocycles. The highest BCUT2D eigenvalue weighted by atomic mass is 32.2. The van der Waals surface area contributed by atoms with E-state index in [9.17, 15) is 13.2 Å². The third-order valence-corrected chi connectivity index (χ3v) is 4.45. The lowest BCUT2D eigenvalue weighted by Crippen LogP contribution is -1.98. The molecular weight excluding hydrogens is 315 g/mol. The summed E-state index contributed by atoms with van der Waals surface area (Å²) in [5.41, 5.74) is 3.32. The second-order valence-corrected chi connectivity index (χ2v) is 6.67. The van der Waals surface area contributed by atoms with Gasteiger partial charge in [-0.15, -0.1) is 11.8 Å². The molecule has 0 spiro atoms. The molecule has 0 aliphatic rings. The van der Waals surface area contributed by atoms with Gasteiger partial charge in [-0.2, -0.15) is 13.2 Å². The SMILES string of the molecule is Nc1ccc(CCSc2ccc(SC(F)(F)F)cc2)cc1. The molecule has 0 bridgehead atoms.